The number of aromatic nitrogens is 1. The third kappa shape index (κ3) is 14.9. The second kappa shape index (κ2) is 24.3. The highest BCUT2D eigenvalue weighted by molar-refractivity contribution is 7.12. The summed E-state index contributed by atoms with van der Waals surface area (Å²) in [4.78, 5) is 63.8. The highest BCUT2D eigenvalue weighted by Gasteiger charge is 2.37. The topological polar surface area (TPSA) is 176 Å². The molecule has 0 saturated carbocycles. The van der Waals surface area contributed by atoms with E-state index in [1.165, 1.54) is 11.3 Å². The lowest BCUT2D eigenvalue weighted by atomic mass is 9.94. The predicted octanol–water partition coefficient (Wildman–Crippen LogP) is 6.90. The van der Waals surface area contributed by atoms with Crippen molar-refractivity contribution in [3.8, 4) is 0 Å². The van der Waals surface area contributed by atoms with E-state index < -0.39 is 36.0 Å². The first-order valence-corrected chi connectivity index (χ1v) is 22.8. The van der Waals surface area contributed by atoms with E-state index in [-0.39, 0.29) is 47.8 Å². The number of nitrogens with two attached hydrogens (primary N) is 1. The molecule has 1 fully saturated rings. The van der Waals surface area contributed by atoms with Crippen LogP contribution < -0.4 is 16.4 Å². The Labute approximate surface area is 367 Å². The summed E-state index contributed by atoms with van der Waals surface area (Å²) in [6.07, 6.45) is 4.46. The Bertz CT molecular complexity index is 1840. The molecular weight excluding hydrogens is 793 g/mol. The molecule has 4 rings (SSSR count). The van der Waals surface area contributed by atoms with Gasteiger partial charge in [-0.05, 0) is 80.8 Å². The third-order valence-corrected chi connectivity index (χ3v) is 12.8. The number of ether oxygens (including phenoxy) is 2. The zero-order chi connectivity index (χ0) is 44.6. The van der Waals surface area contributed by atoms with Gasteiger partial charge in [0.05, 0.1) is 25.2 Å². The smallest absolute Gasteiger partial charge is 0.306 e. The van der Waals surface area contributed by atoms with Gasteiger partial charge in [-0.15, -0.1) is 11.3 Å². The molecule has 1 saturated heterocycles. The van der Waals surface area contributed by atoms with Crippen molar-refractivity contribution in [1.82, 2.24) is 25.4 Å². The van der Waals surface area contributed by atoms with Crippen LogP contribution in [0.5, 0.6) is 0 Å². The molecule has 61 heavy (non-hydrogen) atoms. The number of likely N-dealkylation sites (tertiary alicyclic amines) is 1. The van der Waals surface area contributed by atoms with Crippen LogP contribution in [-0.2, 0) is 43.3 Å². The van der Waals surface area contributed by atoms with E-state index in [1.807, 2.05) is 70.3 Å². The number of anilines is 1. The first-order valence-electron chi connectivity index (χ1n) is 22.0. The first kappa shape index (κ1) is 49.3. The average molecular weight is 863 g/mol. The number of aliphatic carboxylic acids is 1. The van der Waals surface area contributed by atoms with Crippen molar-refractivity contribution in [2.75, 3.05) is 39.6 Å². The number of carbonyl (C=O) groups excluding carboxylic acids is 3. The standard InChI is InChI=1S/C47H70N6O7S/c1-9-24-60-39(28-38(30(2)3)53(8)46(56)41(31(4)5)50-43(54)37-17-13-14-23-52(37)7)45-51-42(40(61-45)22-25-59-29-34-15-11-10-12-16-34)44(55)49-36(26-32(6)47(57)58)27-33-18-20-35(48)21-19-33/h10-12,15-16,18-21,30-32,36-39,41H,9,13-14,17,22-29,48H2,1-8H3,(H,49,55)(H,50,54)(H,57,58)/t32-,36+,37+,38+,39+,41-/m0/s1. The van der Waals surface area contributed by atoms with Crippen molar-refractivity contribution in [2.45, 2.75) is 130 Å². The van der Waals surface area contributed by atoms with E-state index in [1.54, 1.807) is 31.0 Å². The van der Waals surface area contributed by atoms with Crippen molar-refractivity contribution in [3.63, 3.8) is 0 Å². The number of hydrogen-bond acceptors (Lipinski definition) is 10. The number of nitrogen functional groups attached to an aromatic ring is 1. The molecule has 13 nitrogen and oxygen atoms in total. The molecule has 0 unspecified atom stereocenters. The second-order valence-electron chi connectivity index (χ2n) is 17.3. The fraction of sp³-hybridized carbons (Fsp3) is 0.596. The number of benzene rings is 2. The van der Waals surface area contributed by atoms with E-state index >= 15 is 0 Å². The van der Waals surface area contributed by atoms with E-state index in [2.05, 4.69) is 29.4 Å². The summed E-state index contributed by atoms with van der Waals surface area (Å²) in [7, 11) is 3.76. The molecule has 1 aromatic heterocycles. The maximum absolute atomic E-state index is 14.4. The number of nitrogens with zero attached hydrogens (tertiary/aromatic N) is 3. The minimum atomic E-state index is -0.943. The SMILES string of the molecule is CCCO[C@H](C[C@H](C(C)C)N(C)C(=O)[C@@H](NC(=O)[C@H]1CCCCN1C)C(C)C)c1nc(C(=O)N[C@@H](Cc2ccc(N)cc2)C[C@H](C)C(=O)O)c(CCOCc2ccccc2)s1. The largest absolute Gasteiger partial charge is 0.481 e. The van der Waals surface area contributed by atoms with Crippen LogP contribution in [-0.4, -0.2) is 102 Å². The molecule has 1 aliphatic heterocycles. The molecule has 1 aliphatic rings. The highest BCUT2D eigenvalue weighted by Crippen LogP contribution is 2.34. The molecule has 14 heteroatoms. The van der Waals surface area contributed by atoms with E-state index in [0.717, 1.165) is 48.2 Å². The molecular formula is C47H70N6O7S. The van der Waals surface area contributed by atoms with E-state index in [0.29, 0.717) is 49.8 Å². The van der Waals surface area contributed by atoms with Crippen LogP contribution in [0.4, 0.5) is 5.69 Å². The Morgan fingerprint density at radius 1 is 0.951 bits per heavy atom. The van der Waals surface area contributed by atoms with Crippen molar-refractivity contribution in [2.24, 2.45) is 17.8 Å². The molecule has 3 aromatic rings. The van der Waals surface area contributed by atoms with Gasteiger partial charge in [0.1, 0.15) is 22.8 Å². The number of carbonyl (C=O) groups is 4. The monoisotopic (exact) mass is 863 g/mol. The van der Waals surface area contributed by atoms with Gasteiger partial charge in [-0.3, -0.25) is 24.1 Å². The summed E-state index contributed by atoms with van der Waals surface area (Å²) >= 11 is 1.40. The van der Waals surface area contributed by atoms with Crippen molar-refractivity contribution in [1.29, 1.82) is 0 Å². The van der Waals surface area contributed by atoms with Crippen molar-refractivity contribution < 1.29 is 33.8 Å². The lowest BCUT2D eigenvalue weighted by molar-refractivity contribution is -0.141. The van der Waals surface area contributed by atoms with Gasteiger partial charge in [-0.2, -0.15) is 0 Å². The molecule has 6 atom stereocenters. The number of thiazole rings is 1. The van der Waals surface area contributed by atoms with Gasteiger partial charge in [0.25, 0.3) is 5.91 Å². The van der Waals surface area contributed by atoms with Gasteiger partial charge in [-0.25, -0.2) is 4.98 Å². The number of carboxylic acid groups (broad SMARTS) is 1. The van der Waals surface area contributed by atoms with Crippen LogP contribution in [0.2, 0.25) is 0 Å². The lowest BCUT2D eigenvalue weighted by Crippen LogP contribution is -2.57. The molecule has 336 valence electrons. The zero-order valence-electron chi connectivity index (χ0n) is 37.5. The van der Waals surface area contributed by atoms with Crippen LogP contribution in [0.1, 0.15) is 118 Å². The Balaban J connectivity index is 1.63. The average Bonchev–Trinajstić information content (AvgIpc) is 3.66. The van der Waals surface area contributed by atoms with Gasteiger partial charge in [0.2, 0.25) is 11.8 Å². The number of carboxylic acids is 1. The van der Waals surface area contributed by atoms with Crippen molar-refractivity contribution >= 4 is 40.7 Å². The Hall–Kier alpha value is -4.37. The minimum Gasteiger partial charge on any atom is -0.481 e. The lowest BCUT2D eigenvalue weighted by Gasteiger charge is -2.38. The number of rotatable bonds is 24. The van der Waals surface area contributed by atoms with Gasteiger partial charge in [0, 0.05) is 49.1 Å². The van der Waals surface area contributed by atoms with Gasteiger partial charge < -0.3 is 35.8 Å². The molecule has 5 N–H and O–H groups in total. The minimum absolute atomic E-state index is 0.0218. The van der Waals surface area contributed by atoms with Crippen LogP contribution in [0.25, 0.3) is 0 Å². The Morgan fingerprint density at radius 3 is 2.28 bits per heavy atom. The second-order valence-corrected chi connectivity index (χ2v) is 18.4. The number of piperidine rings is 1. The normalized spacial score (nSPS) is 17.0. The fourth-order valence-corrected chi connectivity index (χ4v) is 8.95. The summed E-state index contributed by atoms with van der Waals surface area (Å²) in [6.45, 7) is 13.8. The summed E-state index contributed by atoms with van der Waals surface area (Å²) < 4.78 is 12.6. The maximum Gasteiger partial charge on any atom is 0.306 e. The van der Waals surface area contributed by atoms with E-state index in [4.69, 9.17) is 20.2 Å². The molecule has 2 heterocycles. The predicted molar refractivity (Wildman–Crippen MR) is 241 cm³/mol. The first-order chi connectivity index (χ1) is 29.1. The summed E-state index contributed by atoms with van der Waals surface area (Å²) in [5.41, 5.74) is 8.74. The maximum atomic E-state index is 14.4. The number of likely N-dealkylation sites (N-methyl/N-ethyl adjacent to an activating group) is 2. The van der Waals surface area contributed by atoms with Crippen LogP contribution in [0, 0.1) is 17.8 Å². The van der Waals surface area contributed by atoms with Crippen LogP contribution in [0.3, 0.4) is 0 Å². The molecule has 0 bridgehead atoms. The van der Waals surface area contributed by atoms with Gasteiger partial charge in [0.15, 0.2) is 0 Å². The number of nitrogens with one attached hydrogen (secondary N) is 2. The third-order valence-electron chi connectivity index (χ3n) is 11.5. The Morgan fingerprint density at radius 2 is 1.66 bits per heavy atom. The molecule has 0 aliphatic carbocycles. The number of amides is 3. The van der Waals surface area contributed by atoms with Gasteiger partial charge >= 0.3 is 5.97 Å². The molecule has 0 spiro atoms. The molecule has 2 aromatic carbocycles. The van der Waals surface area contributed by atoms with Gasteiger partial charge in [-0.1, -0.05) is 90.4 Å². The van der Waals surface area contributed by atoms with E-state index in [9.17, 15) is 24.3 Å². The van der Waals surface area contributed by atoms with Crippen LogP contribution in [0.15, 0.2) is 54.6 Å². The van der Waals surface area contributed by atoms with Crippen LogP contribution >= 0.6 is 11.3 Å². The highest BCUT2D eigenvalue weighted by atomic mass is 32.1. The summed E-state index contributed by atoms with van der Waals surface area (Å²) in [6, 6.07) is 15.5. The molecule has 3 amide bonds. The number of hydrogen-bond donors (Lipinski definition) is 4. The molecule has 0 radical (unpaired) electrons. The van der Waals surface area contributed by atoms with Crippen molar-refractivity contribution in [3.05, 3.63) is 81.3 Å². The quantitative estimate of drug-likeness (QED) is 0.0548. The summed E-state index contributed by atoms with van der Waals surface area (Å²) in [5.74, 6) is -2.44. The Kier molecular flexibility index (Phi) is 19.6. The summed E-state index contributed by atoms with van der Waals surface area (Å²) in [5, 5.41) is 16.7. The zero-order valence-corrected chi connectivity index (χ0v) is 38.3. The fourth-order valence-electron chi connectivity index (χ4n) is 7.85.